The molecule has 0 heterocycles. The Kier molecular flexibility index (Phi) is 8.76. The molecule has 3 aromatic carbocycles. The Labute approximate surface area is 197 Å². The zero-order valence-electron chi connectivity index (χ0n) is 19.8. The number of nitrogen functional groups attached to an aromatic ring is 1. The third-order valence-electron chi connectivity index (χ3n) is 5.49. The van der Waals surface area contributed by atoms with E-state index >= 15 is 0 Å². The molecule has 5 nitrogen and oxygen atoms in total. The quantitative estimate of drug-likeness (QED) is 0.203. The molecule has 0 spiro atoms. The van der Waals surface area contributed by atoms with E-state index < -0.39 is 0 Å². The summed E-state index contributed by atoms with van der Waals surface area (Å²) >= 11 is 0. The maximum Gasteiger partial charge on any atom is 0.122 e. The zero-order valence-corrected chi connectivity index (χ0v) is 19.8. The summed E-state index contributed by atoms with van der Waals surface area (Å²) in [5.74, 6) is 2.71. The van der Waals surface area contributed by atoms with E-state index in [1.807, 2.05) is 42.5 Å². The molecule has 0 saturated carbocycles. The number of rotatable bonds is 12. The largest absolute Gasteiger partial charge is 0.496 e. The molecule has 3 aromatic rings. The summed E-state index contributed by atoms with van der Waals surface area (Å²) in [6.45, 7) is 5.26. The van der Waals surface area contributed by atoms with Crippen LogP contribution in [0.1, 0.15) is 43.4 Å². The molecule has 5 heteroatoms. The highest BCUT2D eigenvalue weighted by molar-refractivity contribution is 5.95. The van der Waals surface area contributed by atoms with Gasteiger partial charge in [0.25, 0.3) is 0 Å². The summed E-state index contributed by atoms with van der Waals surface area (Å²) in [5, 5.41) is 7.56. The van der Waals surface area contributed by atoms with Gasteiger partial charge in [-0.25, -0.2) is 0 Å². The molecule has 174 valence electrons. The SMILES string of the molecule is CCCc1cc(OCCOc2ccc(-c3ccc(C(=N)N)cc3)cc2CCC)ccc1OC. The lowest BCUT2D eigenvalue weighted by Crippen LogP contribution is -2.10. The van der Waals surface area contributed by atoms with Gasteiger partial charge in [0.05, 0.1) is 7.11 Å². The second kappa shape index (κ2) is 12.0. The molecule has 0 saturated heterocycles. The number of ether oxygens (including phenoxy) is 3. The topological polar surface area (TPSA) is 77.6 Å². The van der Waals surface area contributed by atoms with Gasteiger partial charge in [-0.15, -0.1) is 0 Å². The van der Waals surface area contributed by atoms with Gasteiger partial charge in [0.2, 0.25) is 0 Å². The molecule has 3 rings (SSSR count). The number of hydrogen-bond donors (Lipinski definition) is 2. The van der Waals surface area contributed by atoms with Crippen LogP contribution in [0.25, 0.3) is 11.1 Å². The average Bonchev–Trinajstić information content (AvgIpc) is 2.83. The Balaban J connectivity index is 1.63. The van der Waals surface area contributed by atoms with Crippen LogP contribution < -0.4 is 19.9 Å². The summed E-state index contributed by atoms with van der Waals surface area (Å²) in [6.07, 6.45) is 3.99. The van der Waals surface area contributed by atoms with Gasteiger partial charge in [-0.3, -0.25) is 5.41 Å². The minimum absolute atomic E-state index is 0.0791. The van der Waals surface area contributed by atoms with Crippen LogP contribution in [0.5, 0.6) is 17.2 Å². The highest BCUT2D eigenvalue weighted by atomic mass is 16.5. The van der Waals surface area contributed by atoms with Gasteiger partial charge in [-0.05, 0) is 65.4 Å². The molecule has 0 fully saturated rings. The third-order valence-corrected chi connectivity index (χ3v) is 5.49. The first-order valence-corrected chi connectivity index (χ1v) is 11.6. The van der Waals surface area contributed by atoms with Crippen molar-refractivity contribution in [2.45, 2.75) is 39.5 Å². The maximum atomic E-state index is 7.56. The molecular weight excluding hydrogens is 412 g/mol. The molecule has 0 unspecified atom stereocenters. The lowest BCUT2D eigenvalue weighted by atomic mass is 9.99. The van der Waals surface area contributed by atoms with Crippen LogP contribution in [0.15, 0.2) is 60.7 Å². The number of hydrogen-bond acceptors (Lipinski definition) is 4. The molecule has 0 bridgehead atoms. The van der Waals surface area contributed by atoms with Crippen molar-refractivity contribution in [3.63, 3.8) is 0 Å². The number of amidine groups is 1. The Bertz CT molecular complexity index is 1060. The highest BCUT2D eigenvalue weighted by Gasteiger charge is 2.08. The second-order valence-electron chi connectivity index (χ2n) is 7.98. The van der Waals surface area contributed by atoms with Gasteiger partial charge in [-0.1, -0.05) is 57.0 Å². The van der Waals surface area contributed by atoms with Crippen LogP contribution in [-0.4, -0.2) is 26.2 Å². The van der Waals surface area contributed by atoms with Crippen molar-refractivity contribution < 1.29 is 14.2 Å². The fourth-order valence-corrected chi connectivity index (χ4v) is 3.83. The van der Waals surface area contributed by atoms with E-state index in [1.54, 1.807) is 7.11 Å². The summed E-state index contributed by atoms with van der Waals surface area (Å²) in [4.78, 5) is 0. The van der Waals surface area contributed by atoms with Crippen molar-refractivity contribution >= 4 is 5.84 Å². The Hall–Kier alpha value is -3.47. The number of methoxy groups -OCH3 is 1. The first-order chi connectivity index (χ1) is 16.0. The van der Waals surface area contributed by atoms with Crippen LogP contribution in [0, 0.1) is 5.41 Å². The number of aryl methyl sites for hydroxylation is 2. The average molecular weight is 447 g/mol. The Morgan fingerprint density at radius 3 is 2.00 bits per heavy atom. The molecular formula is C28H34N2O3. The maximum absolute atomic E-state index is 7.56. The van der Waals surface area contributed by atoms with E-state index in [0.717, 1.165) is 65.2 Å². The monoisotopic (exact) mass is 446 g/mol. The van der Waals surface area contributed by atoms with E-state index in [-0.39, 0.29) is 5.84 Å². The van der Waals surface area contributed by atoms with Gasteiger partial charge < -0.3 is 19.9 Å². The summed E-state index contributed by atoms with van der Waals surface area (Å²) in [5.41, 5.74) is 10.9. The minimum atomic E-state index is 0.0791. The molecule has 0 aliphatic rings. The lowest BCUT2D eigenvalue weighted by Gasteiger charge is -2.15. The van der Waals surface area contributed by atoms with Crippen molar-refractivity contribution in [1.82, 2.24) is 0 Å². The fraction of sp³-hybridized carbons (Fsp3) is 0.321. The van der Waals surface area contributed by atoms with Gasteiger partial charge in [-0.2, -0.15) is 0 Å². The lowest BCUT2D eigenvalue weighted by molar-refractivity contribution is 0.215. The normalized spacial score (nSPS) is 10.6. The molecule has 33 heavy (non-hydrogen) atoms. The Morgan fingerprint density at radius 1 is 0.758 bits per heavy atom. The van der Waals surface area contributed by atoms with Crippen LogP contribution >= 0.6 is 0 Å². The summed E-state index contributed by atoms with van der Waals surface area (Å²) in [7, 11) is 1.70. The van der Waals surface area contributed by atoms with Gasteiger partial charge in [0.1, 0.15) is 36.3 Å². The van der Waals surface area contributed by atoms with Crippen molar-refractivity contribution in [3.8, 4) is 28.4 Å². The number of benzene rings is 3. The van der Waals surface area contributed by atoms with Gasteiger partial charge >= 0.3 is 0 Å². The van der Waals surface area contributed by atoms with Crippen LogP contribution in [0.3, 0.4) is 0 Å². The second-order valence-corrected chi connectivity index (χ2v) is 7.98. The molecule has 3 N–H and O–H groups in total. The molecule has 0 aromatic heterocycles. The van der Waals surface area contributed by atoms with Gasteiger partial charge in [0.15, 0.2) is 0 Å². The van der Waals surface area contributed by atoms with Crippen LogP contribution in [-0.2, 0) is 12.8 Å². The molecule has 0 aliphatic heterocycles. The van der Waals surface area contributed by atoms with Crippen molar-refractivity contribution in [2.75, 3.05) is 20.3 Å². The zero-order chi connectivity index (χ0) is 23.6. The van der Waals surface area contributed by atoms with E-state index in [1.165, 1.54) is 5.56 Å². The molecule has 0 radical (unpaired) electrons. The predicted molar refractivity (Wildman–Crippen MR) is 135 cm³/mol. The van der Waals surface area contributed by atoms with E-state index in [0.29, 0.717) is 13.2 Å². The van der Waals surface area contributed by atoms with Crippen molar-refractivity contribution in [1.29, 1.82) is 5.41 Å². The number of nitrogens with one attached hydrogen (secondary N) is 1. The molecule has 0 aliphatic carbocycles. The Morgan fingerprint density at radius 2 is 1.36 bits per heavy atom. The van der Waals surface area contributed by atoms with E-state index in [4.69, 9.17) is 25.4 Å². The number of nitrogens with two attached hydrogens (primary N) is 1. The predicted octanol–water partition coefficient (Wildman–Crippen LogP) is 6.01. The summed E-state index contributed by atoms with van der Waals surface area (Å²) in [6, 6.07) is 20.0. The first-order valence-electron chi connectivity index (χ1n) is 11.6. The molecule has 0 atom stereocenters. The van der Waals surface area contributed by atoms with Crippen molar-refractivity contribution in [2.24, 2.45) is 5.73 Å². The van der Waals surface area contributed by atoms with Crippen molar-refractivity contribution in [3.05, 3.63) is 77.4 Å². The third kappa shape index (κ3) is 6.51. The molecule has 0 amide bonds. The standard InChI is InChI=1S/C28H34N2O3/c1-4-6-23-18-22(20-8-10-21(11-9-20)28(29)30)12-14-27(23)33-17-16-32-25-13-15-26(31-3)24(19-25)7-5-2/h8-15,18-19H,4-7,16-17H2,1-3H3,(H3,29,30). The van der Waals surface area contributed by atoms with Gasteiger partial charge in [0, 0.05) is 5.56 Å². The van der Waals surface area contributed by atoms with Crippen LogP contribution in [0.2, 0.25) is 0 Å². The first kappa shape index (κ1) is 24.2. The summed E-state index contributed by atoms with van der Waals surface area (Å²) < 4.78 is 17.4. The highest BCUT2D eigenvalue weighted by Crippen LogP contribution is 2.29. The smallest absolute Gasteiger partial charge is 0.122 e. The van der Waals surface area contributed by atoms with E-state index in [9.17, 15) is 0 Å². The van der Waals surface area contributed by atoms with E-state index in [2.05, 4.69) is 32.0 Å². The fourth-order valence-electron chi connectivity index (χ4n) is 3.83. The van der Waals surface area contributed by atoms with Crippen LogP contribution in [0.4, 0.5) is 0 Å². The minimum Gasteiger partial charge on any atom is -0.496 e.